The molecular weight excluding hydrogens is 491 g/mol. The first-order chi connectivity index (χ1) is 18.8. The lowest BCUT2D eigenvalue weighted by Gasteiger charge is -2.41. The molecule has 1 N–H and O–H groups in total. The molecule has 1 saturated heterocycles. The third-order valence-electron chi connectivity index (χ3n) is 7.86. The molecule has 0 atom stereocenters. The van der Waals surface area contributed by atoms with E-state index in [1.165, 1.54) is 64.0 Å². The Bertz CT molecular complexity index is 1230. The third kappa shape index (κ3) is 7.67. The lowest BCUT2D eigenvalue weighted by atomic mass is 9.89. The molecule has 1 aliphatic rings. The number of pyridine rings is 1. The van der Waals surface area contributed by atoms with E-state index in [1.54, 1.807) is 6.20 Å². The van der Waals surface area contributed by atoms with Crippen LogP contribution >= 0.6 is 0 Å². The fraction of sp³-hybridized carbons (Fsp3) is 0.645. The standard InChI is InChI=1S/C31H45FN6O/c1-30(2,3)14-11-9-7-5-4-6-8-10-12-18-39-24-37-17-13-26-28(27(32)20-35-29(26)37)25-19-36-38(21-25)31(15-16-33)22-34-23-31/h13,17,19-21,34H,4-12,14-15,18,22-24H2,1-3H3. The average Bonchev–Trinajstić information content (AvgIpc) is 3.51. The van der Waals surface area contributed by atoms with Crippen molar-refractivity contribution < 1.29 is 9.13 Å². The van der Waals surface area contributed by atoms with Gasteiger partial charge in [-0.25, -0.2) is 9.37 Å². The normalized spacial score (nSPS) is 14.9. The number of fused-ring (bicyclic) bond motifs is 1. The molecule has 0 saturated carbocycles. The van der Waals surface area contributed by atoms with Crippen LogP contribution in [0.4, 0.5) is 4.39 Å². The van der Waals surface area contributed by atoms with Gasteiger partial charge in [0.25, 0.3) is 0 Å². The quantitative estimate of drug-likeness (QED) is 0.196. The molecule has 0 amide bonds. The minimum atomic E-state index is -0.383. The molecular formula is C31H45FN6O. The van der Waals surface area contributed by atoms with Crippen molar-refractivity contribution in [1.82, 2.24) is 24.6 Å². The van der Waals surface area contributed by atoms with Crippen LogP contribution in [0.25, 0.3) is 22.2 Å². The van der Waals surface area contributed by atoms with Crippen molar-refractivity contribution in [3.63, 3.8) is 0 Å². The number of nitrogens with one attached hydrogen (secondary N) is 1. The molecule has 0 radical (unpaired) electrons. The summed E-state index contributed by atoms with van der Waals surface area (Å²) in [5, 5.41) is 17.7. The van der Waals surface area contributed by atoms with Gasteiger partial charge in [-0.3, -0.25) is 4.68 Å². The molecule has 1 aliphatic heterocycles. The largest absolute Gasteiger partial charge is 0.361 e. The summed E-state index contributed by atoms with van der Waals surface area (Å²) in [5.41, 5.74) is 1.97. The van der Waals surface area contributed by atoms with Crippen molar-refractivity contribution in [2.45, 2.75) is 104 Å². The Balaban J connectivity index is 1.20. The molecule has 0 bridgehead atoms. The van der Waals surface area contributed by atoms with Crippen LogP contribution in [0.3, 0.4) is 0 Å². The Kier molecular flexibility index (Phi) is 10.1. The SMILES string of the molecule is CC(C)(C)CCCCCCCCCCCOCn1ccc2c(-c3cnn(C4(CC#N)CNC4)c3)c(F)cnc21. The van der Waals surface area contributed by atoms with Crippen LogP contribution in [0, 0.1) is 22.6 Å². The first-order valence-corrected chi connectivity index (χ1v) is 14.7. The van der Waals surface area contributed by atoms with Gasteiger partial charge in [-0.1, -0.05) is 72.1 Å². The molecule has 7 nitrogen and oxygen atoms in total. The second-order valence-electron chi connectivity index (χ2n) is 12.4. The van der Waals surface area contributed by atoms with Crippen molar-refractivity contribution in [2.75, 3.05) is 19.7 Å². The van der Waals surface area contributed by atoms with E-state index in [1.807, 2.05) is 27.7 Å². The van der Waals surface area contributed by atoms with Gasteiger partial charge >= 0.3 is 0 Å². The van der Waals surface area contributed by atoms with Crippen LogP contribution in [-0.2, 0) is 17.0 Å². The molecule has 4 rings (SSSR count). The zero-order chi connectivity index (χ0) is 27.7. The van der Waals surface area contributed by atoms with E-state index < -0.39 is 0 Å². The van der Waals surface area contributed by atoms with E-state index in [4.69, 9.17) is 4.74 Å². The van der Waals surface area contributed by atoms with Gasteiger partial charge in [-0.2, -0.15) is 10.4 Å². The van der Waals surface area contributed by atoms with Crippen molar-refractivity contribution in [1.29, 1.82) is 5.26 Å². The van der Waals surface area contributed by atoms with Gasteiger partial charge in [0.2, 0.25) is 0 Å². The summed E-state index contributed by atoms with van der Waals surface area (Å²) >= 11 is 0. The molecule has 0 aliphatic carbocycles. The highest BCUT2D eigenvalue weighted by atomic mass is 19.1. The van der Waals surface area contributed by atoms with Gasteiger partial charge < -0.3 is 14.6 Å². The van der Waals surface area contributed by atoms with E-state index in [2.05, 4.69) is 42.2 Å². The second kappa shape index (κ2) is 13.5. The summed E-state index contributed by atoms with van der Waals surface area (Å²) in [6, 6.07) is 4.14. The predicted molar refractivity (Wildman–Crippen MR) is 154 cm³/mol. The predicted octanol–water partition coefficient (Wildman–Crippen LogP) is 7.17. The molecule has 0 unspecified atom stereocenters. The van der Waals surface area contributed by atoms with Crippen LogP contribution < -0.4 is 5.32 Å². The summed E-state index contributed by atoms with van der Waals surface area (Å²) < 4.78 is 24.6. The van der Waals surface area contributed by atoms with Crippen LogP contribution in [0.2, 0.25) is 0 Å². The first-order valence-electron chi connectivity index (χ1n) is 14.7. The topological polar surface area (TPSA) is 80.7 Å². The van der Waals surface area contributed by atoms with E-state index in [-0.39, 0.29) is 11.4 Å². The molecule has 3 aromatic heterocycles. The highest BCUT2D eigenvalue weighted by Gasteiger charge is 2.39. The number of nitriles is 1. The number of unbranched alkanes of at least 4 members (excludes halogenated alkanes) is 8. The fourth-order valence-corrected chi connectivity index (χ4v) is 5.41. The number of aromatic nitrogens is 4. The fourth-order valence-electron chi connectivity index (χ4n) is 5.41. The lowest BCUT2D eigenvalue weighted by Crippen LogP contribution is -2.60. The maximum absolute atomic E-state index is 15.0. The molecule has 0 spiro atoms. The van der Waals surface area contributed by atoms with E-state index >= 15 is 0 Å². The summed E-state index contributed by atoms with van der Waals surface area (Å²) in [6.07, 6.45) is 20.0. The molecule has 4 heterocycles. The van der Waals surface area contributed by atoms with Gasteiger partial charge in [0, 0.05) is 48.6 Å². The Hall–Kier alpha value is -2.76. The molecule has 0 aromatic carbocycles. The number of nitrogens with zero attached hydrogens (tertiary/aromatic N) is 5. The van der Waals surface area contributed by atoms with Crippen LogP contribution in [0.15, 0.2) is 30.9 Å². The van der Waals surface area contributed by atoms with Crippen molar-refractivity contribution >= 4 is 11.0 Å². The highest BCUT2D eigenvalue weighted by molar-refractivity contribution is 5.93. The van der Waals surface area contributed by atoms with Gasteiger partial charge in [-0.15, -0.1) is 0 Å². The zero-order valence-electron chi connectivity index (χ0n) is 24.0. The Morgan fingerprint density at radius 3 is 2.38 bits per heavy atom. The van der Waals surface area contributed by atoms with Crippen molar-refractivity contribution in [3.8, 4) is 17.2 Å². The molecule has 39 heavy (non-hydrogen) atoms. The van der Waals surface area contributed by atoms with Gasteiger partial charge in [0.1, 0.15) is 23.7 Å². The van der Waals surface area contributed by atoms with E-state index in [9.17, 15) is 9.65 Å². The minimum absolute atomic E-state index is 0.360. The lowest BCUT2D eigenvalue weighted by molar-refractivity contribution is 0.0763. The number of hydrogen-bond acceptors (Lipinski definition) is 5. The van der Waals surface area contributed by atoms with Crippen molar-refractivity contribution in [3.05, 3.63) is 36.7 Å². The first kappa shape index (κ1) is 29.2. The number of halogens is 1. The zero-order valence-corrected chi connectivity index (χ0v) is 24.0. The summed E-state index contributed by atoms with van der Waals surface area (Å²) in [6.45, 7) is 9.44. The van der Waals surface area contributed by atoms with Crippen LogP contribution in [0.5, 0.6) is 0 Å². The monoisotopic (exact) mass is 536 g/mol. The Labute approximate surface area is 232 Å². The van der Waals surface area contributed by atoms with Crippen molar-refractivity contribution in [2.24, 2.45) is 5.41 Å². The number of rotatable bonds is 16. The van der Waals surface area contributed by atoms with E-state index in [0.29, 0.717) is 55.0 Å². The summed E-state index contributed by atoms with van der Waals surface area (Å²) in [7, 11) is 0. The number of ether oxygens (including phenoxy) is 1. The smallest absolute Gasteiger partial charge is 0.150 e. The molecule has 212 valence electrons. The Morgan fingerprint density at radius 2 is 1.74 bits per heavy atom. The Morgan fingerprint density at radius 1 is 1.05 bits per heavy atom. The van der Waals surface area contributed by atoms with Crippen LogP contribution in [-0.4, -0.2) is 39.0 Å². The van der Waals surface area contributed by atoms with Gasteiger partial charge in [0.05, 0.1) is 24.9 Å². The molecule has 1 fully saturated rings. The number of hydrogen-bond donors (Lipinski definition) is 1. The summed E-state index contributed by atoms with van der Waals surface area (Å²) in [5.74, 6) is -0.383. The second-order valence-corrected chi connectivity index (χ2v) is 12.4. The highest BCUT2D eigenvalue weighted by Crippen LogP contribution is 2.33. The van der Waals surface area contributed by atoms with Gasteiger partial charge in [0.15, 0.2) is 0 Å². The van der Waals surface area contributed by atoms with Crippen LogP contribution in [0.1, 0.15) is 91.4 Å². The van der Waals surface area contributed by atoms with Gasteiger partial charge in [-0.05, 0) is 24.3 Å². The maximum Gasteiger partial charge on any atom is 0.150 e. The third-order valence-corrected chi connectivity index (χ3v) is 7.86. The van der Waals surface area contributed by atoms with E-state index in [0.717, 1.165) is 11.8 Å². The molecule has 3 aromatic rings. The maximum atomic E-state index is 15.0. The summed E-state index contributed by atoms with van der Waals surface area (Å²) in [4.78, 5) is 4.35. The average molecular weight is 537 g/mol. The molecule has 8 heteroatoms. The minimum Gasteiger partial charge on any atom is -0.361 e.